The first kappa shape index (κ1) is 20.9. The number of carbonyl (C=O) groups excluding carboxylic acids is 3. The van der Waals surface area contributed by atoms with E-state index < -0.39 is 24.0 Å². The van der Waals surface area contributed by atoms with Crippen molar-refractivity contribution < 1.29 is 24.0 Å². The van der Waals surface area contributed by atoms with E-state index in [4.69, 9.17) is 9.57 Å². The Hall–Kier alpha value is -3.97. The number of carbonyl (C=O) groups is 3. The molecule has 2 heterocycles. The van der Waals surface area contributed by atoms with Crippen LogP contribution < -0.4 is 9.96 Å². The Balaban J connectivity index is 1.56. The topological polar surface area (TPSA) is 76.2 Å². The fourth-order valence-electron chi connectivity index (χ4n) is 4.43. The highest BCUT2D eigenvalue weighted by atomic mass is 16.7. The van der Waals surface area contributed by atoms with Crippen molar-refractivity contribution in [2.45, 2.75) is 19.1 Å². The van der Waals surface area contributed by atoms with Crippen molar-refractivity contribution in [3.63, 3.8) is 0 Å². The minimum Gasteiger partial charge on any atom is -0.465 e. The standard InChI is InChI=1S/C26H22N2O5/c1-16-8-14-19(15-9-16)27-24(29)21-22(17-10-12-18(13-11-17)26(31)32-2)28(33-23(21)25(27)30)20-6-4-3-5-7-20/h3-15,21-23H,1-2H3/t21-,22+,23-/m0/s1. The molecule has 0 aliphatic carbocycles. The predicted octanol–water partition coefficient (Wildman–Crippen LogP) is 3.83. The predicted molar refractivity (Wildman–Crippen MR) is 121 cm³/mol. The fraction of sp³-hybridized carbons (Fsp3) is 0.192. The van der Waals surface area contributed by atoms with E-state index in [1.165, 1.54) is 12.0 Å². The van der Waals surface area contributed by atoms with Crippen LogP contribution in [-0.4, -0.2) is 31.0 Å². The highest BCUT2D eigenvalue weighted by Crippen LogP contribution is 2.47. The van der Waals surface area contributed by atoms with Crippen LogP contribution in [-0.2, 0) is 19.2 Å². The number of hydrogen-bond donors (Lipinski definition) is 0. The number of aryl methyl sites for hydroxylation is 1. The maximum absolute atomic E-state index is 13.6. The maximum atomic E-state index is 13.6. The maximum Gasteiger partial charge on any atom is 0.337 e. The van der Waals surface area contributed by atoms with Gasteiger partial charge in [0.25, 0.3) is 5.91 Å². The van der Waals surface area contributed by atoms with Crippen molar-refractivity contribution in [1.29, 1.82) is 0 Å². The Morgan fingerprint density at radius 2 is 1.52 bits per heavy atom. The molecule has 0 aromatic heterocycles. The molecule has 2 aliphatic heterocycles. The molecule has 7 nitrogen and oxygen atoms in total. The number of amides is 2. The molecule has 0 unspecified atom stereocenters. The second-order valence-electron chi connectivity index (χ2n) is 8.12. The van der Waals surface area contributed by atoms with Gasteiger partial charge in [0.1, 0.15) is 5.92 Å². The molecule has 0 radical (unpaired) electrons. The van der Waals surface area contributed by atoms with Crippen LogP contribution in [0.3, 0.4) is 0 Å². The summed E-state index contributed by atoms with van der Waals surface area (Å²) in [4.78, 5) is 46.1. The number of benzene rings is 3. The van der Waals surface area contributed by atoms with Gasteiger partial charge in [0.2, 0.25) is 5.91 Å². The number of methoxy groups -OCH3 is 1. The highest BCUT2D eigenvalue weighted by molar-refractivity contribution is 6.23. The average Bonchev–Trinajstić information content (AvgIpc) is 3.36. The lowest BCUT2D eigenvalue weighted by Crippen LogP contribution is -2.37. The van der Waals surface area contributed by atoms with E-state index in [1.807, 2.05) is 49.4 Å². The molecule has 0 saturated carbocycles. The Bertz CT molecular complexity index is 1210. The van der Waals surface area contributed by atoms with Crippen molar-refractivity contribution in [3.8, 4) is 0 Å². The van der Waals surface area contributed by atoms with Gasteiger partial charge in [0.15, 0.2) is 6.10 Å². The molecule has 0 N–H and O–H groups in total. The second kappa shape index (κ2) is 8.18. The molecule has 33 heavy (non-hydrogen) atoms. The number of hydrogen-bond acceptors (Lipinski definition) is 6. The van der Waals surface area contributed by atoms with Gasteiger partial charge in [-0.05, 0) is 48.9 Å². The smallest absolute Gasteiger partial charge is 0.337 e. The summed E-state index contributed by atoms with van der Waals surface area (Å²) in [6, 6.07) is 22.9. The monoisotopic (exact) mass is 442 g/mol. The van der Waals surface area contributed by atoms with Gasteiger partial charge >= 0.3 is 5.97 Å². The first-order valence-electron chi connectivity index (χ1n) is 10.6. The van der Waals surface area contributed by atoms with Gasteiger partial charge in [-0.3, -0.25) is 14.4 Å². The molecule has 0 bridgehead atoms. The van der Waals surface area contributed by atoms with Crippen molar-refractivity contribution >= 4 is 29.2 Å². The lowest BCUT2D eigenvalue weighted by Gasteiger charge is -2.28. The number of ether oxygens (including phenoxy) is 1. The zero-order valence-corrected chi connectivity index (χ0v) is 18.2. The van der Waals surface area contributed by atoms with Crippen LogP contribution in [0.1, 0.15) is 27.5 Å². The summed E-state index contributed by atoms with van der Waals surface area (Å²) in [7, 11) is 1.32. The average molecular weight is 442 g/mol. The van der Waals surface area contributed by atoms with Gasteiger partial charge in [-0.2, -0.15) is 0 Å². The van der Waals surface area contributed by atoms with Gasteiger partial charge in [0.05, 0.1) is 30.1 Å². The van der Waals surface area contributed by atoms with Crippen LogP contribution in [0.2, 0.25) is 0 Å². The highest BCUT2D eigenvalue weighted by Gasteiger charge is 2.60. The zero-order chi connectivity index (χ0) is 23.1. The molecule has 3 atom stereocenters. The van der Waals surface area contributed by atoms with Crippen molar-refractivity contribution in [2.75, 3.05) is 17.1 Å². The quantitative estimate of drug-likeness (QED) is 0.452. The molecule has 2 aliphatic rings. The minimum absolute atomic E-state index is 0.311. The van der Waals surface area contributed by atoms with Crippen LogP contribution in [0.25, 0.3) is 0 Å². The van der Waals surface area contributed by atoms with Crippen LogP contribution in [0.4, 0.5) is 11.4 Å². The first-order valence-corrected chi connectivity index (χ1v) is 10.6. The number of esters is 1. The van der Waals surface area contributed by atoms with E-state index in [1.54, 1.807) is 41.5 Å². The Morgan fingerprint density at radius 3 is 2.15 bits per heavy atom. The summed E-state index contributed by atoms with van der Waals surface area (Å²) in [6.07, 6.45) is -0.940. The third kappa shape index (κ3) is 3.47. The normalized spacial score (nSPS) is 21.9. The summed E-state index contributed by atoms with van der Waals surface area (Å²) >= 11 is 0. The summed E-state index contributed by atoms with van der Waals surface area (Å²) < 4.78 is 4.78. The van der Waals surface area contributed by atoms with Crippen molar-refractivity contribution in [2.24, 2.45) is 5.92 Å². The van der Waals surface area contributed by atoms with Crippen molar-refractivity contribution in [1.82, 2.24) is 0 Å². The van der Waals surface area contributed by atoms with Crippen molar-refractivity contribution in [3.05, 3.63) is 95.6 Å². The Morgan fingerprint density at radius 1 is 0.848 bits per heavy atom. The van der Waals surface area contributed by atoms with Crippen LogP contribution in [0, 0.1) is 12.8 Å². The molecule has 7 heteroatoms. The summed E-state index contributed by atoms with van der Waals surface area (Å²) in [5.74, 6) is -1.87. The van der Waals surface area contributed by atoms with Gasteiger partial charge in [0, 0.05) is 0 Å². The number of anilines is 2. The van der Waals surface area contributed by atoms with Gasteiger partial charge in [-0.1, -0.05) is 48.0 Å². The lowest BCUT2D eigenvalue weighted by molar-refractivity contribution is -0.126. The first-order chi connectivity index (χ1) is 16.0. The number of hydroxylamine groups is 1. The molecule has 0 spiro atoms. The summed E-state index contributed by atoms with van der Waals surface area (Å²) in [5.41, 5.74) is 3.45. The lowest BCUT2D eigenvalue weighted by atomic mass is 9.90. The van der Waals surface area contributed by atoms with E-state index in [-0.39, 0.29) is 11.8 Å². The van der Waals surface area contributed by atoms with Crippen LogP contribution in [0.15, 0.2) is 78.9 Å². The molecular formula is C26H22N2O5. The molecule has 166 valence electrons. The molecule has 3 aromatic carbocycles. The Kier molecular flexibility index (Phi) is 5.18. The van der Waals surface area contributed by atoms with E-state index in [0.717, 1.165) is 16.8 Å². The van der Waals surface area contributed by atoms with E-state index >= 15 is 0 Å². The molecule has 5 rings (SSSR count). The largest absolute Gasteiger partial charge is 0.465 e. The van der Waals surface area contributed by atoms with Crippen LogP contribution >= 0.6 is 0 Å². The number of imide groups is 1. The van der Waals surface area contributed by atoms with E-state index in [2.05, 4.69) is 0 Å². The number of rotatable bonds is 4. The zero-order valence-electron chi connectivity index (χ0n) is 18.2. The van der Waals surface area contributed by atoms with Gasteiger partial charge in [-0.25, -0.2) is 14.8 Å². The van der Waals surface area contributed by atoms with Crippen LogP contribution in [0.5, 0.6) is 0 Å². The Labute approximate surface area is 191 Å². The SMILES string of the molecule is COC(=O)c1ccc([C@@H]2[C@@H]3C(=O)N(c4ccc(C)cc4)C(=O)[C@H]3ON2c2ccccc2)cc1. The molecule has 2 saturated heterocycles. The minimum atomic E-state index is -0.940. The summed E-state index contributed by atoms with van der Waals surface area (Å²) in [6.45, 7) is 1.95. The molecule has 2 amide bonds. The van der Waals surface area contributed by atoms with Gasteiger partial charge < -0.3 is 4.74 Å². The summed E-state index contributed by atoms with van der Waals surface area (Å²) in [5, 5.41) is 1.63. The van der Waals surface area contributed by atoms with Gasteiger partial charge in [-0.15, -0.1) is 0 Å². The van der Waals surface area contributed by atoms with E-state index in [9.17, 15) is 14.4 Å². The molecule has 2 fully saturated rings. The third-order valence-corrected chi connectivity index (χ3v) is 6.09. The third-order valence-electron chi connectivity index (χ3n) is 6.09. The number of para-hydroxylation sites is 1. The number of nitrogens with zero attached hydrogens (tertiary/aromatic N) is 2. The number of fused-ring (bicyclic) bond motifs is 1. The molecular weight excluding hydrogens is 420 g/mol. The second-order valence-corrected chi connectivity index (χ2v) is 8.12. The fourth-order valence-corrected chi connectivity index (χ4v) is 4.43. The van der Waals surface area contributed by atoms with E-state index in [0.29, 0.717) is 11.3 Å². The molecule has 3 aromatic rings.